The van der Waals surface area contributed by atoms with Crippen LogP contribution >= 0.6 is 0 Å². The molecule has 7 rings (SSSR count). The molecule has 1 atom stereocenters. The van der Waals surface area contributed by atoms with Crippen LogP contribution < -0.4 is 5.69 Å². The van der Waals surface area contributed by atoms with Crippen molar-refractivity contribution in [1.82, 2.24) is 24.4 Å². The monoisotopic (exact) mass is 537 g/mol. The average Bonchev–Trinajstić information content (AvgIpc) is 3.43. The van der Waals surface area contributed by atoms with Gasteiger partial charge >= 0.3 is 5.69 Å². The third kappa shape index (κ3) is 5.10. The molecule has 6 aromatic rings. The van der Waals surface area contributed by atoms with Crippen molar-refractivity contribution in [1.29, 1.82) is 0 Å². The SMILES string of the molecule is O=c1[nH]c(-c2ccccc2)cn1C1CCCCN1Cc1ccc(-c2nc3ccccc3nc2-c2ccccc2)cc1. The fraction of sp³-hybridized carbons (Fsp3) is 0.171. The molecule has 1 aliphatic rings. The Morgan fingerprint density at radius 3 is 1.93 bits per heavy atom. The zero-order valence-electron chi connectivity index (χ0n) is 22.8. The lowest BCUT2D eigenvalue weighted by Crippen LogP contribution is -2.39. The minimum Gasteiger partial charge on any atom is -0.306 e. The van der Waals surface area contributed by atoms with Gasteiger partial charge in [0.1, 0.15) is 0 Å². The van der Waals surface area contributed by atoms with Gasteiger partial charge in [-0.15, -0.1) is 0 Å². The lowest BCUT2D eigenvalue weighted by molar-refractivity contribution is 0.0850. The van der Waals surface area contributed by atoms with Gasteiger partial charge in [0.2, 0.25) is 0 Å². The molecule has 1 saturated heterocycles. The van der Waals surface area contributed by atoms with Gasteiger partial charge in [0, 0.05) is 30.4 Å². The summed E-state index contributed by atoms with van der Waals surface area (Å²) in [6, 6.07) is 37.0. The van der Waals surface area contributed by atoms with Crippen LogP contribution in [-0.4, -0.2) is 31.0 Å². The summed E-state index contributed by atoms with van der Waals surface area (Å²) in [5.74, 6) is 0. The molecule has 2 aromatic heterocycles. The van der Waals surface area contributed by atoms with E-state index in [4.69, 9.17) is 9.97 Å². The Bertz CT molecular complexity index is 1840. The second kappa shape index (κ2) is 11.0. The molecule has 1 fully saturated rings. The summed E-state index contributed by atoms with van der Waals surface area (Å²) < 4.78 is 1.88. The minimum absolute atomic E-state index is 0.0284. The topological polar surface area (TPSA) is 66.8 Å². The summed E-state index contributed by atoms with van der Waals surface area (Å²) in [5.41, 5.74) is 8.65. The van der Waals surface area contributed by atoms with Gasteiger partial charge in [-0.1, -0.05) is 97.1 Å². The molecule has 4 aromatic carbocycles. The van der Waals surface area contributed by atoms with E-state index in [-0.39, 0.29) is 11.9 Å². The first-order chi connectivity index (χ1) is 20.2. The van der Waals surface area contributed by atoms with Gasteiger partial charge in [0.05, 0.1) is 34.3 Å². The highest BCUT2D eigenvalue weighted by Crippen LogP contribution is 2.32. The number of aromatic nitrogens is 4. The number of imidazole rings is 1. The van der Waals surface area contributed by atoms with Crippen LogP contribution in [0, 0.1) is 0 Å². The standard InChI is InChI=1S/C35H31N5O/c41-35-38-31(26-11-3-1-4-12-26)24-40(35)32-17-9-10-22-39(32)23-25-18-20-28(21-19-25)34-33(27-13-5-2-6-14-27)36-29-15-7-8-16-30(29)37-34/h1-8,11-16,18-21,24,32H,9-10,17,22-23H2,(H,38,41). The number of likely N-dealkylation sites (tertiary alicyclic amines) is 1. The van der Waals surface area contributed by atoms with Crippen molar-refractivity contribution in [2.45, 2.75) is 32.0 Å². The highest BCUT2D eigenvalue weighted by atomic mass is 16.1. The van der Waals surface area contributed by atoms with E-state index >= 15 is 0 Å². The van der Waals surface area contributed by atoms with Crippen LogP contribution in [0.1, 0.15) is 31.0 Å². The number of hydrogen-bond donors (Lipinski definition) is 1. The van der Waals surface area contributed by atoms with Gasteiger partial charge in [0.15, 0.2) is 0 Å². The fourth-order valence-electron chi connectivity index (χ4n) is 5.87. The quantitative estimate of drug-likeness (QED) is 0.242. The predicted molar refractivity (Wildman–Crippen MR) is 164 cm³/mol. The molecule has 0 radical (unpaired) electrons. The Morgan fingerprint density at radius 1 is 0.683 bits per heavy atom. The molecular weight excluding hydrogens is 506 g/mol. The number of fused-ring (bicyclic) bond motifs is 1. The van der Waals surface area contributed by atoms with Crippen molar-refractivity contribution >= 4 is 11.0 Å². The number of nitrogens with one attached hydrogen (secondary N) is 1. The summed E-state index contributed by atoms with van der Waals surface area (Å²) in [4.78, 5) is 28.6. The molecule has 0 saturated carbocycles. The number of benzene rings is 4. The van der Waals surface area contributed by atoms with E-state index in [1.165, 1.54) is 5.56 Å². The molecule has 1 aliphatic heterocycles. The molecule has 6 nitrogen and oxygen atoms in total. The van der Waals surface area contributed by atoms with Crippen LogP contribution in [0.3, 0.4) is 0 Å². The molecule has 1 unspecified atom stereocenters. The smallest absolute Gasteiger partial charge is 0.306 e. The highest BCUT2D eigenvalue weighted by molar-refractivity contribution is 5.86. The van der Waals surface area contributed by atoms with Gasteiger partial charge in [-0.25, -0.2) is 14.8 Å². The molecule has 41 heavy (non-hydrogen) atoms. The maximum absolute atomic E-state index is 13.0. The number of H-pyrrole nitrogens is 1. The number of rotatable bonds is 6. The number of nitrogens with zero attached hydrogens (tertiary/aromatic N) is 4. The van der Waals surface area contributed by atoms with E-state index in [9.17, 15) is 4.79 Å². The molecule has 0 aliphatic carbocycles. The molecule has 0 amide bonds. The van der Waals surface area contributed by atoms with E-state index in [0.717, 1.165) is 77.2 Å². The zero-order chi connectivity index (χ0) is 27.6. The van der Waals surface area contributed by atoms with Gasteiger partial charge in [-0.2, -0.15) is 0 Å². The Balaban J connectivity index is 1.18. The number of aromatic amines is 1. The number of para-hydroxylation sites is 2. The van der Waals surface area contributed by atoms with Gasteiger partial charge in [0.25, 0.3) is 0 Å². The van der Waals surface area contributed by atoms with Crippen molar-refractivity contribution in [3.8, 4) is 33.8 Å². The van der Waals surface area contributed by atoms with Crippen LogP contribution in [0.2, 0.25) is 0 Å². The van der Waals surface area contributed by atoms with Gasteiger partial charge < -0.3 is 4.98 Å². The summed E-state index contributed by atoms with van der Waals surface area (Å²) in [6.07, 6.45) is 5.21. The van der Waals surface area contributed by atoms with Crippen LogP contribution in [0.4, 0.5) is 0 Å². The van der Waals surface area contributed by atoms with Gasteiger partial charge in [-0.05, 0) is 42.5 Å². The van der Waals surface area contributed by atoms with Crippen LogP contribution in [0.15, 0.2) is 120 Å². The minimum atomic E-state index is -0.0561. The van der Waals surface area contributed by atoms with Crippen LogP contribution in [0.5, 0.6) is 0 Å². The van der Waals surface area contributed by atoms with E-state index in [0.29, 0.717) is 0 Å². The number of hydrogen-bond acceptors (Lipinski definition) is 4. The average molecular weight is 538 g/mol. The summed E-state index contributed by atoms with van der Waals surface area (Å²) in [6.45, 7) is 1.73. The summed E-state index contributed by atoms with van der Waals surface area (Å²) in [5, 5.41) is 0. The number of piperidine rings is 1. The third-order valence-electron chi connectivity index (χ3n) is 7.96. The van der Waals surface area contributed by atoms with Crippen molar-refractivity contribution in [3.05, 3.63) is 131 Å². The molecule has 0 spiro atoms. The van der Waals surface area contributed by atoms with E-state index in [1.807, 2.05) is 83.6 Å². The second-order valence-corrected chi connectivity index (χ2v) is 10.7. The lowest BCUT2D eigenvalue weighted by atomic mass is 10.0. The summed E-state index contributed by atoms with van der Waals surface area (Å²) in [7, 11) is 0. The fourth-order valence-corrected chi connectivity index (χ4v) is 5.87. The molecule has 202 valence electrons. The largest absolute Gasteiger partial charge is 0.327 e. The zero-order valence-corrected chi connectivity index (χ0v) is 22.8. The maximum Gasteiger partial charge on any atom is 0.327 e. The van der Waals surface area contributed by atoms with Crippen LogP contribution in [0.25, 0.3) is 44.8 Å². The van der Waals surface area contributed by atoms with Crippen molar-refractivity contribution in [2.24, 2.45) is 0 Å². The Labute approximate surface area is 239 Å². The molecule has 1 N–H and O–H groups in total. The summed E-state index contributed by atoms with van der Waals surface area (Å²) >= 11 is 0. The molecule has 0 bridgehead atoms. The van der Waals surface area contributed by atoms with Gasteiger partial charge in [-0.3, -0.25) is 9.47 Å². The van der Waals surface area contributed by atoms with Crippen LogP contribution in [-0.2, 0) is 6.54 Å². The van der Waals surface area contributed by atoms with E-state index < -0.39 is 0 Å². The van der Waals surface area contributed by atoms with Crippen molar-refractivity contribution in [3.63, 3.8) is 0 Å². The second-order valence-electron chi connectivity index (χ2n) is 10.7. The predicted octanol–water partition coefficient (Wildman–Crippen LogP) is 7.31. The maximum atomic E-state index is 13.0. The Kier molecular flexibility index (Phi) is 6.75. The van der Waals surface area contributed by atoms with E-state index in [1.54, 1.807) is 0 Å². The molecule has 6 heteroatoms. The first-order valence-corrected chi connectivity index (χ1v) is 14.2. The van der Waals surface area contributed by atoms with E-state index in [2.05, 4.69) is 46.3 Å². The molecule has 3 heterocycles. The van der Waals surface area contributed by atoms with Crippen molar-refractivity contribution < 1.29 is 0 Å². The lowest BCUT2D eigenvalue weighted by Gasteiger charge is -2.36. The normalized spacial score (nSPS) is 15.8. The molecular formula is C35H31N5O. The third-order valence-corrected chi connectivity index (χ3v) is 7.96. The first-order valence-electron chi connectivity index (χ1n) is 14.2. The Morgan fingerprint density at radius 2 is 1.27 bits per heavy atom. The highest BCUT2D eigenvalue weighted by Gasteiger charge is 2.26. The first kappa shape index (κ1) is 25.2. The van der Waals surface area contributed by atoms with Crippen molar-refractivity contribution in [2.75, 3.05) is 6.54 Å². The Hall–Kier alpha value is -4.81.